The summed E-state index contributed by atoms with van der Waals surface area (Å²) in [6.07, 6.45) is 6.60. The third-order valence-electron chi connectivity index (χ3n) is 2.52. The van der Waals surface area contributed by atoms with Gasteiger partial charge in [-0.15, -0.1) is 6.58 Å². The van der Waals surface area contributed by atoms with Crippen LogP contribution in [0.15, 0.2) is 12.7 Å². The first-order chi connectivity index (χ1) is 5.76. The summed E-state index contributed by atoms with van der Waals surface area (Å²) in [5.41, 5.74) is 0. The van der Waals surface area contributed by atoms with Gasteiger partial charge in [-0.2, -0.15) is 0 Å². The van der Waals surface area contributed by atoms with Crippen molar-refractivity contribution in [2.24, 2.45) is 11.8 Å². The summed E-state index contributed by atoms with van der Waals surface area (Å²) < 4.78 is 0. The Labute approximate surface area is 76.5 Å². The van der Waals surface area contributed by atoms with Crippen LogP contribution in [-0.2, 0) is 0 Å². The molecule has 0 amide bonds. The number of hydrogen-bond acceptors (Lipinski definition) is 1. The molecule has 12 heavy (non-hydrogen) atoms. The van der Waals surface area contributed by atoms with Gasteiger partial charge in [0.1, 0.15) is 0 Å². The van der Waals surface area contributed by atoms with Gasteiger partial charge in [-0.3, -0.25) is 0 Å². The van der Waals surface area contributed by atoms with Gasteiger partial charge in [0.25, 0.3) is 0 Å². The van der Waals surface area contributed by atoms with Gasteiger partial charge in [-0.05, 0) is 18.3 Å². The van der Waals surface area contributed by atoms with Crippen LogP contribution in [0.3, 0.4) is 0 Å². The lowest BCUT2D eigenvalue weighted by Gasteiger charge is -2.20. The maximum absolute atomic E-state index is 9.08. The van der Waals surface area contributed by atoms with Crippen molar-refractivity contribution in [3.63, 3.8) is 0 Å². The van der Waals surface area contributed by atoms with Crippen molar-refractivity contribution < 1.29 is 5.11 Å². The van der Waals surface area contributed by atoms with Crippen molar-refractivity contribution in [3.05, 3.63) is 12.7 Å². The van der Waals surface area contributed by atoms with E-state index in [4.69, 9.17) is 5.11 Å². The van der Waals surface area contributed by atoms with E-state index in [0.717, 1.165) is 6.42 Å². The van der Waals surface area contributed by atoms with Crippen molar-refractivity contribution in [2.75, 3.05) is 6.61 Å². The Balaban J connectivity index is 3.67. The molecular weight excluding hydrogens is 148 g/mol. The second kappa shape index (κ2) is 7.35. The highest BCUT2D eigenvalue weighted by atomic mass is 16.3. The molecule has 72 valence electrons. The molecule has 0 fully saturated rings. The lowest BCUT2D eigenvalue weighted by molar-refractivity contribution is 0.177. The molecule has 0 saturated heterocycles. The number of unbranched alkanes of at least 4 members (excludes halogenated alkanes) is 1. The zero-order chi connectivity index (χ0) is 9.40. The van der Waals surface area contributed by atoms with Crippen molar-refractivity contribution in [1.82, 2.24) is 0 Å². The minimum absolute atomic E-state index is 0.302. The van der Waals surface area contributed by atoms with Crippen LogP contribution < -0.4 is 0 Å². The fourth-order valence-electron chi connectivity index (χ4n) is 1.46. The summed E-state index contributed by atoms with van der Waals surface area (Å²) in [4.78, 5) is 0. The predicted molar refractivity (Wildman–Crippen MR) is 54.1 cm³/mol. The summed E-state index contributed by atoms with van der Waals surface area (Å²) in [6.45, 7) is 8.43. The Morgan fingerprint density at radius 3 is 2.58 bits per heavy atom. The van der Waals surface area contributed by atoms with Gasteiger partial charge >= 0.3 is 0 Å². The standard InChI is InChI=1S/C11H22O/c1-4-6-8-10(3)11(9-12)7-5-2/h5,10-12H,2,4,6-9H2,1,3H3/t10-,11+/m0/s1. The van der Waals surface area contributed by atoms with Gasteiger partial charge in [-0.1, -0.05) is 39.2 Å². The second-order valence-corrected chi connectivity index (χ2v) is 3.59. The van der Waals surface area contributed by atoms with Gasteiger partial charge in [-0.25, -0.2) is 0 Å². The van der Waals surface area contributed by atoms with Crippen molar-refractivity contribution >= 4 is 0 Å². The second-order valence-electron chi connectivity index (χ2n) is 3.59. The number of rotatable bonds is 7. The molecule has 1 N–H and O–H groups in total. The van der Waals surface area contributed by atoms with Crippen LogP contribution in [0.5, 0.6) is 0 Å². The van der Waals surface area contributed by atoms with E-state index in [2.05, 4.69) is 20.4 Å². The molecular formula is C11H22O. The lowest BCUT2D eigenvalue weighted by Crippen LogP contribution is -2.15. The first-order valence-corrected chi connectivity index (χ1v) is 4.98. The minimum atomic E-state index is 0.302. The fourth-order valence-corrected chi connectivity index (χ4v) is 1.46. The van der Waals surface area contributed by atoms with E-state index in [1.165, 1.54) is 19.3 Å². The summed E-state index contributed by atoms with van der Waals surface area (Å²) in [6, 6.07) is 0. The third kappa shape index (κ3) is 4.55. The van der Waals surface area contributed by atoms with E-state index in [9.17, 15) is 0 Å². The van der Waals surface area contributed by atoms with Gasteiger partial charge < -0.3 is 5.11 Å². The molecule has 0 aliphatic heterocycles. The van der Waals surface area contributed by atoms with Crippen molar-refractivity contribution in [3.8, 4) is 0 Å². The minimum Gasteiger partial charge on any atom is -0.396 e. The highest BCUT2D eigenvalue weighted by molar-refractivity contribution is 4.76. The van der Waals surface area contributed by atoms with E-state index in [-0.39, 0.29) is 0 Å². The predicted octanol–water partition coefficient (Wildman–Crippen LogP) is 3.00. The van der Waals surface area contributed by atoms with Crippen molar-refractivity contribution in [1.29, 1.82) is 0 Å². The molecule has 1 heteroatoms. The quantitative estimate of drug-likeness (QED) is 0.582. The Morgan fingerprint density at radius 2 is 2.17 bits per heavy atom. The SMILES string of the molecule is C=CC[C@H](CO)[C@@H](C)CCCC. The number of allylic oxidation sites excluding steroid dienone is 1. The van der Waals surface area contributed by atoms with Crippen LogP contribution >= 0.6 is 0 Å². The maximum Gasteiger partial charge on any atom is 0.0464 e. The first-order valence-electron chi connectivity index (χ1n) is 4.98. The molecule has 0 spiro atoms. The maximum atomic E-state index is 9.08. The fraction of sp³-hybridized carbons (Fsp3) is 0.818. The summed E-state index contributed by atoms with van der Waals surface area (Å²) in [5, 5.41) is 9.08. The molecule has 0 aliphatic carbocycles. The van der Waals surface area contributed by atoms with E-state index < -0.39 is 0 Å². The Hall–Kier alpha value is -0.300. The average Bonchev–Trinajstić information content (AvgIpc) is 2.10. The normalized spacial score (nSPS) is 15.6. The number of aliphatic hydroxyl groups excluding tert-OH is 1. The number of hydrogen-bond donors (Lipinski definition) is 1. The Kier molecular flexibility index (Phi) is 7.17. The summed E-state index contributed by atoms with van der Waals surface area (Å²) in [5.74, 6) is 1.06. The molecule has 1 nitrogen and oxygen atoms in total. The lowest BCUT2D eigenvalue weighted by atomic mass is 9.88. The van der Waals surface area contributed by atoms with Crippen LogP contribution in [-0.4, -0.2) is 11.7 Å². The Morgan fingerprint density at radius 1 is 1.50 bits per heavy atom. The third-order valence-corrected chi connectivity index (χ3v) is 2.52. The van der Waals surface area contributed by atoms with Crippen LogP contribution in [0, 0.1) is 11.8 Å². The molecule has 0 bridgehead atoms. The van der Waals surface area contributed by atoms with Gasteiger partial charge in [0.15, 0.2) is 0 Å². The van der Waals surface area contributed by atoms with Crippen LogP contribution in [0.4, 0.5) is 0 Å². The van der Waals surface area contributed by atoms with Crippen LogP contribution in [0.2, 0.25) is 0 Å². The average molecular weight is 170 g/mol. The molecule has 0 aromatic rings. The topological polar surface area (TPSA) is 20.2 Å². The van der Waals surface area contributed by atoms with Crippen LogP contribution in [0.1, 0.15) is 39.5 Å². The molecule has 0 aliphatic rings. The van der Waals surface area contributed by atoms with E-state index in [1.807, 2.05) is 6.08 Å². The number of aliphatic hydroxyl groups is 1. The van der Waals surface area contributed by atoms with Gasteiger partial charge in [0.2, 0.25) is 0 Å². The molecule has 0 unspecified atom stereocenters. The zero-order valence-electron chi connectivity index (χ0n) is 8.42. The van der Waals surface area contributed by atoms with Crippen LogP contribution in [0.25, 0.3) is 0 Å². The molecule has 0 saturated carbocycles. The highest BCUT2D eigenvalue weighted by Gasteiger charge is 2.13. The molecule has 0 heterocycles. The summed E-state index contributed by atoms with van der Waals surface area (Å²) in [7, 11) is 0. The highest BCUT2D eigenvalue weighted by Crippen LogP contribution is 2.20. The monoisotopic (exact) mass is 170 g/mol. The molecule has 0 aromatic carbocycles. The van der Waals surface area contributed by atoms with Gasteiger partial charge in [0, 0.05) is 6.61 Å². The van der Waals surface area contributed by atoms with E-state index in [1.54, 1.807) is 0 Å². The molecule has 0 aromatic heterocycles. The van der Waals surface area contributed by atoms with Crippen molar-refractivity contribution in [2.45, 2.75) is 39.5 Å². The largest absolute Gasteiger partial charge is 0.396 e. The van der Waals surface area contributed by atoms with E-state index in [0.29, 0.717) is 18.4 Å². The molecule has 2 atom stereocenters. The summed E-state index contributed by atoms with van der Waals surface area (Å²) >= 11 is 0. The first kappa shape index (κ1) is 11.7. The van der Waals surface area contributed by atoms with Gasteiger partial charge in [0.05, 0.1) is 0 Å². The smallest absolute Gasteiger partial charge is 0.0464 e. The Bertz CT molecular complexity index is 110. The molecule has 0 radical (unpaired) electrons. The molecule has 0 rings (SSSR count). The zero-order valence-corrected chi connectivity index (χ0v) is 8.42. The van der Waals surface area contributed by atoms with E-state index >= 15 is 0 Å².